The number of carboxylic acid groups (broad SMARTS) is 2. The second kappa shape index (κ2) is 5.77. The minimum Gasteiger partial charge on any atom is -0.478 e. The van der Waals surface area contributed by atoms with Crippen molar-refractivity contribution in [2.24, 2.45) is 5.92 Å². The van der Waals surface area contributed by atoms with E-state index in [9.17, 15) is 14.7 Å². The van der Waals surface area contributed by atoms with Crippen LogP contribution in [0.15, 0.2) is 54.6 Å². The molecule has 1 aliphatic carbocycles. The fourth-order valence-electron chi connectivity index (χ4n) is 3.89. The lowest BCUT2D eigenvalue weighted by atomic mass is 9.76. The van der Waals surface area contributed by atoms with Crippen LogP contribution in [-0.2, 0) is 0 Å². The van der Waals surface area contributed by atoms with Crippen LogP contribution in [0.3, 0.4) is 0 Å². The molecular formula is C20H17NO4. The highest BCUT2D eigenvalue weighted by Gasteiger charge is 2.38. The maximum atomic E-state index is 11.3. The minimum atomic E-state index is -0.935. The van der Waals surface area contributed by atoms with E-state index >= 15 is 0 Å². The van der Waals surface area contributed by atoms with Crippen LogP contribution in [0.25, 0.3) is 0 Å². The average molecular weight is 335 g/mol. The Morgan fingerprint density at radius 1 is 0.960 bits per heavy atom. The first-order valence-corrected chi connectivity index (χ1v) is 8.18. The Balaban J connectivity index is 1.72. The molecule has 25 heavy (non-hydrogen) atoms. The largest absolute Gasteiger partial charge is 0.478 e. The summed E-state index contributed by atoms with van der Waals surface area (Å²) >= 11 is 0. The van der Waals surface area contributed by atoms with Gasteiger partial charge in [-0.2, -0.15) is 0 Å². The molecule has 126 valence electrons. The third-order valence-electron chi connectivity index (χ3n) is 5.13. The van der Waals surface area contributed by atoms with Crippen molar-refractivity contribution >= 4 is 17.6 Å². The van der Waals surface area contributed by atoms with E-state index in [0.29, 0.717) is 5.56 Å². The third-order valence-corrected chi connectivity index (χ3v) is 5.13. The van der Waals surface area contributed by atoms with Gasteiger partial charge in [0.15, 0.2) is 0 Å². The maximum Gasteiger partial charge on any atom is 0.335 e. The van der Waals surface area contributed by atoms with E-state index in [0.717, 1.165) is 23.2 Å². The van der Waals surface area contributed by atoms with Gasteiger partial charge < -0.3 is 15.5 Å². The van der Waals surface area contributed by atoms with Crippen LogP contribution in [0.1, 0.15) is 50.2 Å². The summed E-state index contributed by atoms with van der Waals surface area (Å²) in [6.07, 6.45) is 5.19. The normalized spacial score (nSPS) is 23.4. The zero-order valence-electron chi connectivity index (χ0n) is 13.3. The first-order chi connectivity index (χ1) is 12.0. The fourth-order valence-corrected chi connectivity index (χ4v) is 3.89. The molecule has 1 aliphatic heterocycles. The molecule has 0 saturated carbocycles. The smallest absolute Gasteiger partial charge is 0.335 e. The average Bonchev–Trinajstić information content (AvgIpc) is 3.10. The monoisotopic (exact) mass is 335 g/mol. The Bertz CT molecular complexity index is 885. The summed E-state index contributed by atoms with van der Waals surface area (Å²) in [4.78, 5) is 22.3. The summed E-state index contributed by atoms with van der Waals surface area (Å²) in [6, 6.07) is 12.2. The summed E-state index contributed by atoms with van der Waals surface area (Å²) in [5.41, 5.74) is 3.55. The number of carboxylic acids is 2. The first-order valence-electron chi connectivity index (χ1n) is 8.18. The van der Waals surface area contributed by atoms with E-state index in [-0.39, 0.29) is 23.4 Å². The highest BCUT2D eigenvalue weighted by Crippen LogP contribution is 2.49. The number of benzene rings is 2. The maximum absolute atomic E-state index is 11.3. The highest BCUT2D eigenvalue weighted by atomic mass is 16.4. The van der Waals surface area contributed by atoms with E-state index in [2.05, 4.69) is 17.5 Å². The van der Waals surface area contributed by atoms with Gasteiger partial charge in [0.1, 0.15) is 0 Å². The SMILES string of the molecule is O=C(O)c1ccc([C@@H]2Nc3ccc(C(=O)O)cc3[C@H]3C=CC[C@H]32)cc1. The number of allylic oxidation sites excluding steroid dienone is 2. The molecule has 0 unspecified atom stereocenters. The van der Waals surface area contributed by atoms with E-state index in [1.54, 1.807) is 24.3 Å². The summed E-state index contributed by atoms with van der Waals surface area (Å²) in [7, 11) is 0. The van der Waals surface area contributed by atoms with Crippen LogP contribution < -0.4 is 5.32 Å². The van der Waals surface area contributed by atoms with Gasteiger partial charge in [0.2, 0.25) is 0 Å². The highest BCUT2D eigenvalue weighted by molar-refractivity contribution is 5.89. The number of hydrogen-bond acceptors (Lipinski definition) is 3. The van der Waals surface area contributed by atoms with Crippen molar-refractivity contribution in [3.8, 4) is 0 Å². The molecule has 3 atom stereocenters. The van der Waals surface area contributed by atoms with Crippen LogP contribution in [0.2, 0.25) is 0 Å². The van der Waals surface area contributed by atoms with Crippen LogP contribution >= 0.6 is 0 Å². The van der Waals surface area contributed by atoms with Crippen molar-refractivity contribution in [2.75, 3.05) is 5.32 Å². The molecular weight excluding hydrogens is 318 g/mol. The Labute approximate surface area is 144 Å². The zero-order chi connectivity index (χ0) is 17.6. The second-order valence-corrected chi connectivity index (χ2v) is 6.51. The Kier molecular flexibility index (Phi) is 3.57. The van der Waals surface area contributed by atoms with Crippen LogP contribution in [0.5, 0.6) is 0 Å². The Morgan fingerprint density at radius 3 is 2.32 bits per heavy atom. The molecule has 4 rings (SSSR count). The molecule has 0 spiro atoms. The lowest BCUT2D eigenvalue weighted by Crippen LogP contribution is -2.29. The quantitative estimate of drug-likeness (QED) is 0.740. The summed E-state index contributed by atoms with van der Waals surface area (Å²) in [5, 5.41) is 21.8. The van der Waals surface area contributed by atoms with Gasteiger partial charge in [0.05, 0.1) is 17.2 Å². The van der Waals surface area contributed by atoms with Gasteiger partial charge >= 0.3 is 11.9 Å². The number of carbonyl (C=O) groups is 2. The molecule has 0 radical (unpaired) electrons. The molecule has 0 bridgehead atoms. The zero-order valence-corrected chi connectivity index (χ0v) is 13.3. The standard InChI is InChI=1S/C20H17NO4/c22-19(23)12-6-4-11(5-7-12)18-15-3-1-2-14(15)16-10-13(20(24)25)8-9-17(16)21-18/h1-2,4-10,14-15,18,21H,3H2,(H,22,23)(H,24,25)/t14-,15+,18-/m0/s1. The van der Waals surface area contributed by atoms with E-state index < -0.39 is 11.9 Å². The van der Waals surface area contributed by atoms with E-state index in [4.69, 9.17) is 5.11 Å². The van der Waals surface area contributed by atoms with Gasteiger partial charge in [-0.05, 0) is 53.8 Å². The van der Waals surface area contributed by atoms with Gasteiger partial charge in [-0.15, -0.1) is 0 Å². The molecule has 2 aromatic carbocycles. The van der Waals surface area contributed by atoms with E-state index in [1.807, 2.05) is 18.2 Å². The Hall–Kier alpha value is -3.08. The molecule has 0 amide bonds. The van der Waals surface area contributed by atoms with Crippen LogP contribution in [0.4, 0.5) is 5.69 Å². The van der Waals surface area contributed by atoms with Crippen LogP contribution in [-0.4, -0.2) is 22.2 Å². The number of hydrogen-bond donors (Lipinski definition) is 3. The van der Waals surface area contributed by atoms with Gasteiger partial charge in [0, 0.05) is 11.6 Å². The third kappa shape index (κ3) is 2.58. The molecule has 5 heteroatoms. The molecule has 1 heterocycles. The summed E-state index contributed by atoms with van der Waals surface area (Å²) in [6.45, 7) is 0. The molecule has 0 saturated heterocycles. The summed E-state index contributed by atoms with van der Waals surface area (Å²) in [5.74, 6) is -1.41. The van der Waals surface area contributed by atoms with Crippen molar-refractivity contribution in [3.05, 3.63) is 76.9 Å². The Morgan fingerprint density at radius 2 is 1.64 bits per heavy atom. The predicted octanol–water partition coefficient (Wildman–Crippen LogP) is 3.91. The van der Waals surface area contributed by atoms with Gasteiger partial charge in [-0.1, -0.05) is 24.3 Å². The minimum absolute atomic E-state index is 0.0611. The topological polar surface area (TPSA) is 86.6 Å². The number of anilines is 1. The van der Waals surface area contributed by atoms with Gasteiger partial charge in [0.25, 0.3) is 0 Å². The summed E-state index contributed by atoms with van der Waals surface area (Å²) < 4.78 is 0. The number of rotatable bonds is 3. The molecule has 2 aliphatic rings. The van der Waals surface area contributed by atoms with Crippen molar-refractivity contribution in [1.29, 1.82) is 0 Å². The molecule has 0 fully saturated rings. The molecule has 5 nitrogen and oxygen atoms in total. The number of nitrogens with one attached hydrogen (secondary N) is 1. The molecule has 0 aromatic heterocycles. The fraction of sp³-hybridized carbons (Fsp3) is 0.200. The van der Waals surface area contributed by atoms with Crippen molar-refractivity contribution in [1.82, 2.24) is 0 Å². The van der Waals surface area contributed by atoms with Crippen molar-refractivity contribution in [3.63, 3.8) is 0 Å². The van der Waals surface area contributed by atoms with Crippen molar-refractivity contribution in [2.45, 2.75) is 18.4 Å². The van der Waals surface area contributed by atoms with Crippen molar-refractivity contribution < 1.29 is 19.8 Å². The van der Waals surface area contributed by atoms with Gasteiger partial charge in [-0.3, -0.25) is 0 Å². The molecule has 2 aromatic rings. The second-order valence-electron chi connectivity index (χ2n) is 6.51. The number of aromatic carboxylic acids is 2. The first kappa shape index (κ1) is 15.4. The predicted molar refractivity (Wildman–Crippen MR) is 93.2 cm³/mol. The van der Waals surface area contributed by atoms with Gasteiger partial charge in [-0.25, -0.2) is 9.59 Å². The lowest BCUT2D eigenvalue weighted by Gasteiger charge is -2.37. The number of fused-ring (bicyclic) bond motifs is 3. The lowest BCUT2D eigenvalue weighted by molar-refractivity contribution is 0.0686. The van der Waals surface area contributed by atoms with Crippen LogP contribution in [0, 0.1) is 5.92 Å². The van der Waals surface area contributed by atoms with E-state index in [1.165, 1.54) is 0 Å². The molecule has 3 N–H and O–H groups in total.